The Balaban J connectivity index is 1.45. The smallest absolute Gasteiger partial charge is 0.346 e. The van der Waals surface area contributed by atoms with E-state index >= 15 is 0 Å². The summed E-state index contributed by atoms with van der Waals surface area (Å²) < 4.78 is 40.3. The summed E-state index contributed by atoms with van der Waals surface area (Å²) in [7, 11) is 0. The number of nitrogens with one attached hydrogen (secondary N) is 2. The van der Waals surface area contributed by atoms with Crippen LogP contribution in [-0.4, -0.2) is 43.8 Å². The number of halogens is 3. The molecular weight excluding hydrogens is 447 g/mol. The van der Waals surface area contributed by atoms with Crippen molar-refractivity contribution in [3.05, 3.63) is 54.3 Å². The van der Waals surface area contributed by atoms with Crippen LogP contribution in [0.1, 0.15) is 51.9 Å². The standard InChI is InChI=1S/C23H28F3N7O/c1-13(2)20-15(4)30-22(34)33(20)19-9-10-27-21(31-19)29-14(3)18-11-32(12-28-18)17-7-5-16(6-8-17)23(24,25)26/h5-7,9-15,17,20H,8H2,1-4H3,(H,30,34)(H,27,29,31)/t14-,15?,17?,20-/m0/s1. The minimum Gasteiger partial charge on any atom is -0.346 e. The van der Waals surface area contributed by atoms with Crippen molar-refractivity contribution in [3.8, 4) is 0 Å². The number of hydrogen-bond donors (Lipinski definition) is 2. The molecule has 2 unspecified atom stereocenters. The minimum atomic E-state index is -4.34. The first-order valence-corrected chi connectivity index (χ1v) is 11.2. The average molecular weight is 476 g/mol. The lowest BCUT2D eigenvalue weighted by Gasteiger charge is -2.27. The van der Waals surface area contributed by atoms with Gasteiger partial charge in [0.25, 0.3) is 0 Å². The molecule has 0 bridgehead atoms. The second-order valence-corrected chi connectivity index (χ2v) is 9.01. The van der Waals surface area contributed by atoms with Crippen molar-refractivity contribution in [1.82, 2.24) is 24.8 Å². The van der Waals surface area contributed by atoms with Crippen molar-refractivity contribution in [2.75, 3.05) is 10.2 Å². The van der Waals surface area contributed by atoms with Crippen LogP contribution in [0.3, 0.4) is 0 Å². The maximum Gasteiger partial charge on any atom is 0.416 e. The zero-order valence-electron chi connectivity index (χ0n) is 19.4. The normalized spacial score (nSPS) is 23.8. The molecule has 1 aliphatic carbocycles. The van der Waals surface area contributed by atoms with Gasteiger partial charge in [-0.15, -0.1) is 0 Å². The van der Waals surface area contributed by atoms with Crippen LogP contribution in [0, 0.1) is 5.92 Å². The van der Waals surface area contributed by atoms with Crippen LogP contribution in [0.5, 0.6) is 0 Å². The van der Waals surface area contributed by atoms with E-state index in [1.165, 1.54) is 12.2 Å². The summed E-state index contributed by atoms with van der Waals surface area (Å²) >= 11 is 0. The van der Waals surface area contributed by atoms with Crippen LogP contribution >= 0.6 is 0 Å². The summed E-state index contributed by atoms with van der Waals surface area (Å²) in [4.78, 5) is 27.4. The molecule has 8 nitrogen and oxygen atoms in total. The highest BCUT2D eigenvalue weighted by Gasteiger charge is 2.40. The molecular formula is C23H28F3N7O. The Kier molecular flexibility index (Phi) is 6.37. The van der Waals surface area contributed by atoms with Gasteiger partial charge in [0, 0.05) is 18.4 Å². The summed E-state index contributed by atoms with van der Waals surface area (Å²) in [5, 5.41) is 6.15. The van der Waals surface area contributed by atoms with Crippen molar-refractivity contribution < 1.29 is 18.0 Å². The molecule has 4 rings (SSSR count). The Labute approximate surface area is 196 Å². The summed E-state index contributed by atoms with van der Waals surface area (Å²) in [6, 6.07) is 0.984. The van der Waals surface area contributed by atoms with Crippen LogP contribution in [0.2, 0.25) is 0 Å². The molecule has 1 saturated heterocycles. The Morgan fingerprint density at radius 3 is 2.65 bits per heavy atom. The van der Waals surface area contributed by atoms with Crippen LogP contribution in [0.4, 0.5) is 29.7 Å². The van der Waals surface area contributed by atoms with E-state index in [9.17, 15) is 18.0 Å². The third-order valence-corrected chi connectivity index (χ3v) is 6.15. The predicted octanol–water partition coefficient (Wildman–Crippen LogP) is 4.78. The maximum absolute atomic E-state index is 12.8. The predicted molar refractivity (Wildman–Crippen MR) is 122 cm³/mol. The molecule has 2 aromatic rings. The SMILES string of the molecule is CC(C)[C@H]1C(C)NC(=O)N1c1ccnc(N[C@@H](C)c2cn(C3C=CC(C(F)(F)F)=CC3)cn2)n1. The van der Waals surface area contributed by atoms with Gasteiger partial charge >= 0.3 is 12.2 Å². The lowest BCUT2D eigenvalue weighted by molar-refractivity contribution is -0.0887. The third kappa shape index (κ3) is 4.78. The van der Waals surface area contributed by atoms with Crippen LogP contribution in [0.15, 0.2) is 48.6 Å². The number of carbonyl (C=O) groups is 1. The second kappa shape index (κ2) is 9.11. The van der Waals surface area contributed by atoms with Crippen molar-refractivity contribution >= 4 is 17.8 Å². The monoisotopic (exact) mass is 475 g/mol. The topological polar surface area (TPSA) is 88.0 Å². The quantitative estimate of drug-likeness (QED) is 0.628. The Morgan fingerprint density at radius 2 is 2.00 bits per heavy atom. The van der Waals surface area contributed by atoms with E-state index in [0.717, 1.165) is 6.08 Å². The van der Waals surface area contributed by atoms with E-state index in [-0.39, 0.29) is 42.5 Å². The zero-order valence-corrected chi connectivity index (χ0v) is 19.4. The van der Waals surface area contributed by atoms with Crippen LogP contribution < -0.4 is 15.5 Å². The number of alkyl halides is 3. The van der Waals surface area contributed by atoms with Gasteiger partial charge in [0.15, 0.2) is 0 Å². The summed E-state index contributed by atoms with van der Waals surface area (Å²) in [5.41, 5.74) is 0.0672. The highest BCUT2D eigenvalue weighted by atomic mass is 19.4. The molecule has 0 spiro atoms. The number of anilines is 2. The van der Waals surface area contributed by atoms with E-state index in [4.69, 9.17) is 0 Å². The van der Waals surface area contributed by atoms with Gasteiger partial charge in [-0.1, -0.05) is 32.1 Å². The maximum atomic E-state index is 12.8. The molecule has 1 fully saturated rings. The van der Waals surface area contributed by atoms with Crippen LogP contribution in [-0.2, 0) is 0 Å². The molecule has 2 aromatic heterocycles. The average Bonchev–Trinajstić information content (AvgIpc) is 3.38. The number of rotatable bonds is 6. The largest absolute Gasteiger partial charge is 0.416 e. The van der Waals surface area contributed by atoms with E-state index < -0.39 is 11.7 Å². The molecule has 2 aliphatic rings. The number of carbonyl (C=O) groups excluding carboxylic acids is 1. The lowest BCUT2D eigenvalue weighted by atomic mass is 9.98. The van der Waals surface area contributed by atoms with Crippen molar-refractivity contribution in [2.45, 2.75) is 64.5 Å². The number of amides is 2. The Bertz CT molecular complexity index is 1110. The highest BCUT2D eigenvalue weighted by molar-refractivity contribution is 5.94. The fourth-order valence-electron chi connectivity index (χ4n) is 4.46. The molecule has 2 N–H and O–H groups in total. The van der Waals surface area contributed by atoms with E-state index in [1.807, 2.05) is 13.8 Å². The molecule has 11 heteroatoms. The first-order chi connectivity index (χ1) is 16.0. The summed E-state index contributed by atoms with van der Waals surface area (Å²) in [6.45, 7) is 7.99. The van der Waals surface area contributed by atoms with E-state index in [0.29, 0.717) is 17.5 Å². The Morgan fingerprint density at radius 1 is 1.24 bits per heavy atom. The molecule has 0 radical (unpaired) electrons. The van der Waals surface area contributed by atoms with Crippen molar-refractivity contribution in [1.29, 1.82) is 0 Å². The number of urea groups is 1. The molecule has 3 heterocycles. The minimum absolute atomic E-state index is 0.00217. The fraction of sp³-hybridized carbons (Fsp3) is 0.478. The lowest BCUT2D eigenvalue weighted by Crippen LogP contribution is -2.40. The van der Waals surface area contributed by atoms with Gasteiger partial charge in [-0.25, -0.2) is 14.8 Å². The highest BCUT2D eigenvalue weighted by Crippen LogP contribution is 2.33. The van der Waals surface area contributed by atoms with Crippen molar-refractivity contribution in [2.24, 2.45) is 5.92 Å². The van der Waals surface area contributed by atoms with Gasteiger partial charge in [0.2, 0.25) is 5.95 Å². The molecule has 0 aromatic carbocycles. The molecule has 2 amide bonds. The molecule has 182 valence electrons. The molecule has 4 atom stereocenters. The number of nitrogens with zero attached hydrogens (tertiary/aromatic N) is 5. The number of aromatic nitrogens is 4. The van der Waals surface area contributed by atoms with Gasteiger partial charge in [0.1, 0.15) is 5.82 Å². The summed E-state index contributed by atoms with van der Waals surface area (Å²) in [6.07, 6.45) is 4.74. The number of hydrogen-bond acceptors (Lipinski definition) is 5. The molecule has 0 saturated carbocycles. The van der Waals surface area contributed by atoms with Gasteiger partial charge in [-0.2, -0.15) is 18.2 Å². The second-order valence-electron chi connectivity index (χ2n) is 9.01. The Hall–Kier alpha value is -3.37. The molecule has 34 heavy (non-hydrogen) atoms. The van der Waals surface area contributed by atoms with Gasteiger partial charge in [-0.05, 0) is 32.3 Å². The first-order valence-electron chi connectivity index (χ1n) is 11.2. The number of allylic oxidation sites excluding steroid dienone is 4. The van der Waals surface area contributed by atoms with Crippen molar-refractivity contribution in [3.63, 3.8) is 0 Å². The molecule has 1 aliphatic heterocycles. The van der Waals surface area contributed by atoms with Gasteiger partial charge in [-0.3, -0.25) is 4.90 Å². The van der Waals surface area contributed by atoms with E-state index in [2.05, 4.69) is 39.4 Å². The third-order valence-electron chi connectivity index (χ3n) is 6.15. The van der Waals surface area contributed by atoms with Crippen LogP contribution in [0.25, 0.3) is 0 Å². The number of imidazole rings is 1. The summed E-state index contributed by atoms with van der Waals surface area (Å²) in [5.74, 6) is 1.10. The van der Waals surface area contributed by atoms with E-state index in [1.54, 1.807) is 34.3 Å². The first kappa shape index (κ1) is 23.8. The zero-order chi connectivity index (χ0) is 24.6. The van der Waals surface area contributed by atoms with Gasteiger partial charge in [0.05, 0.1) is 35.7 Å². The van der Waals surface area contributed by atoms with Gasteiger partial charge < -0.3 is 15.2 Å². The fourth-order valence-corrected chi connectivity index (χ4v) is 4.46.